The number of pyridine rings is 1. The monoisotopic (exact) mass is 390 g/mol. The summed E-state index contributed by atoms with van der Waals surface area (Å²) in [5.41, 5.74) is 4.01. The van der Waals surface area contributed by atoms with E-state index in [1.54, 1.807) is 0 Å². The second kappa shape index (κ2) is 5.94. The summed E-state index contributed by atoms with van der Waals surface area (Å²) in [6.07, 6.45) is 3.93. The average molecular weight is 391 g/mol. The van der Waals surface area contributed by atoms with Gasteiger partial charge in [-0.3, -0.25) is 9.78 Å². The third kappa shape index (κ3) is 3.15. The smallest absolute Gasteiger partial charge is 0.221 e. The summed E-state index contributed by atoms with van der Waals surface area (Å²) in [4.78, 5) is 18.1. The molecular formula is C25H30N2O2. The molecule has 1 aliphatic heterocycles. The Morgan fingerprint density at radius 2 is 1.55 bits per heavy atom. The van der Waals surface area contributed by atoms with Gasteiger partial charge in [0.2, 0.25) is 5.72 Å². The lowest BCUT2D eigenvalue weighted by molar-refractivity contribution is -0.114. The first kappa shape index (κ1) is 19.7. The van der Waals surface area contributed by atoms with Gasteiger partial charge in [0.1, 0.15) is 5.75 Å². The van der Waals surface area contributed by atoms with E-state index in [4.69, 9.17) is 9.72 Å². The number of rotatable bonds is 0. The highest BCUT2D eigenvalue weighted by Gasteiger charge is 2.44. The Labute approximate surface area is 173 Å². The van der Waals surface area contributed by atoms with Crippen molar-refractivity contribution in [3.63, 3.8) is 0 Å². The molecule has 1 N–H and O–H groups in total. The lowest BCUT2D eigenvalue weighted by Gasteiger charge is -2.42. The molecule has 0 bridgehead atoms. The molecule has 1 aromatic heterocycles. The Bertz CT molecular complexity index is 1070. The zero-order valence-electron chi connectivity index (χ0n) is 18.7. The number of aromatic nitrogens is 1. The van der Waals surface area contributed by atoms with Crippen molar-refractivity contribution in [3.05, 3.63) is 52.8 Å². The van der Waals surface area contributed by atoms with Crippen LogP contribution in [-0.4, -0.2) is 16.5 Å². The van der Waals surface area contributed by atoms with Crippen LogP contribution < -0.4 is 10.1 Å². The van der Waals surface area contributed by atoms with E-state index in [9.17, 15) is 4.79 Å². The lowest BCUT2D eigenvalue weighted by atomic mass is 9.71. The van der Waals surface area contributed by atoms with Gasteiger partial charge < -0.3 is 10.1 Å². The molecule has 0 atom stereocenters. The zero-order chi connectivity index (χ0) is 21.4. The highest BCUT2D eigenvalue weighted by atomic mass is 16.5. The summed E-state index contributed by atoms with van der Waals surface area (Å²) < 4.78 is 6.61. The van der Waals surface area contributed by atoms with Gasteiger partial charge in [0.15, 0.2) is 5.78 Å². The van der Waals surface area contributed by atoms with E-state index in [0.717, 1.165) is 44.7 Å². The Kier molecular flexibility index (Phi) is 4.03. The summed E-state index contributed by atoms with van der Waals surface area (Å²) in [6, 6.07) is 6.14. The Morgan fingerprint density at radius 3 is 2.10 bits per heavy atom. The molecule has 1 aliphatic carbocycles. The highest BCUT2D eigenvalue weighted by Crippen LogP contribution is 2.46. The number of benzene rings is 1. The van der Waals surface area contributed by atoms with E-state index >= 15 is 0 Å². The molecule has 2 aromatic rings. The van der Waals surface area contributed by atoms with Gasteiger partial charge in [0.25, 0.3) is 0 Å². The third-order valence-electron chi connectivity index (χ3n) is 5.69. The van der Waals surface area contributed by atoms with Gasteiger partial charge in [-0.15, -0.1) is 0 Å². The number of nitrogens with one attached hydrogen (secondary N) is 1. The fourth-order valence-electron chi connectivity index (χ4n) is 4.15. The second-order valence-corrected chi connectivity index (χ2v) is 10.4. The summed E-state index contributed by atoms with van der Waals surface area (Å²) in [5, 5.41) is 4.58. The number of carbonyl (C=O) groups excluding carboxylic acids is 1. The van der Waals surface area contributed by atoms with Gasteiger partial charge >= 0.3 is 0 Å². The number of hydrogen-bond donors (Lipinski definition) is 1. The molecule has 4 rings (SSSR count). The minimum Gasteiger partial charge on any atom is -0.460 e. The fraction of sp³-hybridized carbons (Fsp3) is 0.440. The zero-order valence-corrected chi connectivity index (χ0v) is 18.7. The van der Waals surface area contributed by atoms with Crippen LogP contribution in [0.25, 0.3) is 10.9 Å². The molecule has 4 heteroatoms. The van der Waals surface area contributed by atoms with Gasteiger partial charge in [-0.05, 0) is 48.5 Å². The maximum atomic E-state index is 13.3. The number of anilines is 1. The van der Waals surface area contributed by atoms with Crippen LogP contribution in [0.5, 0.6) is 5.75 Å². The first-order chi connectivity index (χ1) is 13.3. The summed E-state index contributed by atoms with van der Waals surface area (Å²) >= 11 is 0. The largest absolute Gasteiger partial charge is 0.460 e. The van der Waals surface area contributed by atoms with Crippen molar-refractivity contribution >= 4 is 22.4 Å². The lowest BCUT2D eigenvalue weighted by Crippen LogP contribution is -2.48. The first-order valence-corrected chi connectivity index (χ1v) is 10.2. The average Bonchev–Trinajstić information content (AvgIpc) is 2.57. The molecule has 2 aliphatic rings. The van der Waals surface area contributed by atoms with E-state index in [1.807, 2.05) is 25.1 Å². The van der Waals surface area contributed by atoms with Gasteiger partial charge in [0, 0.05) is 22.9 Å². The molecule has 1 aromatic carbocycles. The molecule has 4 nitrogen and oxygen atoms in total. The van der Waals surface area contributed by atoms with Crippen LogP contribution in [0.4, 0.5) is 5.69 Å². The fourth-order valence-corrected chi connectivity index (χ4v) is 4.15. The molecule has 0 radical (unpaired) electrons. The Hall–Kier alpha value is -2.62. The normalized spacial score (nSPS) is 18.3. The van der Waals surface area contributed by atoms with Crippen molar-refractivity contribution < 1.29 is 9.53 Å². The van der Waals surface area contributed by atoms with E-state index in [-0.39, 0.29) is 16.6 Å². The van der Waals surface area contributed by atoms with E-state index in [2.05, 4.69) is 65.9 Å². The van der Waals surface area contributed by atoms with Crippen LogP contribution >= 0.6 is 0 Å². The van der Waals surface area contributed by atoms with Crippen molar-refractivity contribution in [3.8, 4) is 5.75 Å². The second-order valence-electron chi connectivity index (χ2n) is 10.4. The van der Waals surface area contributed by atoms with Crippen molar-refractivity contribution in [2.45, 2.75) is 61.1 Å². The molecule has 152 valence electrons. The SMILES string of the molecule is Cc1cc2c3c(ccc(C)c3n1)NC1(C=C(C(C)(C)C)C(=O)C(C(C)(C)C)=C1)O2. The molecule has 29 heavy (non-hydrogen) atoms. The van der Waals surface area contributed by atoms with Crippen LogP contribution in [0.2, 0.25) is 0 Å². The van der Waals surface area contributed by atoms with E-state index in [1.165, 1.54) is 0 Å². The summed E-state index contributed by atoms with van der Waals surface area (Å²) in [5.74, 6) is 0.903. The van der Waals surface area contributed by atoms with E-state index < -0.39 is 5.72 Å². The maximum Gasteiger partial charge on any atom is 0.221 e. The summed E-state index contributed by atoms with van der Waals surface area (Å²) in [6.45, 7) is 16.5. The standard InChI is InChI=1S/C25H30N2O2/c1-14-9-10-18-20-19(11-15(2)26-21(14)20)29-25(27-18)12-16(23(3,4)5)22(28)17(13-25)24(6,7)8/h9-13,27H,1-8H3. The van der Waals surface area contributed by atoms with Crippen molar-refractivity contribution in [1.82, 2.24) is 4.98 Å². The molecule has 0 amide bonds. The van der Waals surface area contributed by atoms with Gasteiger partial charge in [-0.25, -0.2) is 0 Å². The summed E-state index contributed by atoms with van der Waals surface area (Å²) in [7, 11) is 0. The van der Waals surface area contributed by atoms with Crippen molar-refractivity contribution in [2.24, 2.45) is 10.8 Å². The molecule has 2 heterocycles. The predicted molar refractivity (Wildman–Crippen MR) is 118 cm³/mol. The molecule has 0 fully saturated rings. The molecule has 0 saturated carbocycles. The molecule has 1 spiro atoms. The topological polar surface area (TPSA) is 51.2 Å². The quantitative estimate of drug-likeness (QED) is 0.610. The minimum absolute atomic E-state index is 0.104. The van der Waals surface area contributed by atoms with Gasteiger partial charge in [0.05, 0.1) is 16.6 Å². The number of Topliss-reactive ketones (excluding diaryl/α,β-unsaturated/α-hetero) is 1. The molecule has 0 unspecified atom stereocenters. The Morgan fingerprint density at radius 1 is 0.966 bits per heavy atom. The number of allylic oxidation sites excluding steroid dienone is 2. The number of carbonyl (C=O) groups is 1. The first-order valence-electron chi connectivity index (χ1n) is 10.2. The number of nitrogens with zero attached hydrogens (tertiary/aromatic N) is 1. The predicted octanol–water partition coefficient (Wildman–Crippen LogP) is 5.88. The van der Waals surface area contributed by atoms with Crippen LogP contribution in [0.15, 0.2) is 41.5 Å². The third-order valence-corrected chi connectivity index (χ3v) is 5.69. The number of aryl methyl sites for hydroxylation is 2. The van der Waals surface area contributed by atoms with Crippen LogP contribution in [0.3, 0.4) is 0 Å². The minimum atomic E-state index is -0.901. The van der Waals surface area contributed by atoms with Crippen molar-refractivity contribution in [1.29, 1.82) is 0 Å². The Balaban J connectivity index is 1.98. The van der Waals surface area contributed by atoms with Gasteiger partial charge in [-0.2, -0.15) is 0 Å². The number of ketones is 1. The van der Waals surface area contributed by atoms with Crippen LogP contribution in [-0.2, 0) is 4.79 Å². The number of ether oxygens (including phenoxy) is 1. The van der Waals surface area contributed by atoms with Crippen LogP contribution in [0.1, 0.15) is 52.8 Å². The maximum absolute atomic E-state index is 13.3. The number of hydrogen-bond acceptors (Lipinski definition) is 4. The molecular weight excluding hydrogens is 360 g/mol. The van der Waals surface area contributed by atoms with E-state index in [0.29, 0.717) is 0 Å². The van der Waals surface area contributed by atoms with Gasteiger partial charge in [-0.1, -0.05) is 47.6 Å². The molecule has 0 saturated heterocycles. The van der Waals surface area contributed by atoms with Crippen LogP contribution in [0, 0.1) is 24.7 Å². The highest BCUT2D eigenvalue weighted by molar-refractivity contribution is 6.11. The van der Waals surface area contributed by atoms with Crippen molar-refractivity contribution in [2.75, 3.05) is 5.32 Å².